The summed E-state index contributed by atoms with van der Waals surface area (Å²) in [6.07, 6.45) is 0. The number of nitrogens with zero attached hydrogens (tertiary/aromatic N) is 1. The van der Waals surface area contributed by atoms with Crippen LogP contribution in [0.25, 0.3) is 16.7 Å². The maximum Gasteiger partial charge on any atom is 0.331 e. The predicted molar refractivity (Wildman–Crippen MR) is 78.1 cm³/mol. The van der Waals surface area contributed by atoms with E-state index in [1.165, 1.54) is 0 Å². The number of aromatic amines is 1. The third-order valence-electron chi connectivity index (χ3n) is 2.98. The molecule has 0 fully saturated rings. The van der Waals surface area contributed by atoms with E-state index >= 15 is 0 Å². The van der Waals surface area contributed by atoms with Gasteiger partial charge in [-0.1, -0.05) is 12.1 Å². The minimum absolute atomic E-state index is 0.171. The Morgan fingerprint density at radius 3 is 2.79 bits per heavy atom. The lowest BCUT2D eigenvalue weighted by Gasteiger charge is -2.05. The molecule has 0 aliphatic heterocycles. The fraction of sp³-hybridized carbons (Fsp3) is 0.0714. The van der Waals surface area contributed by atoms with Gasteiger partial charge in [0.1, 0.15) is 5.75 Å². The number of hydrogen-bond donors (Lipinski definition) is 1. The van der Waals surface area contributed by atoms with Gasteiger partial charge in [-0.3, -0.25) is 4.57 Å². The van der Waals surface area contributed by atoms with Gasteiger partial charge in [-0.15, -0.1) is 0 Å². The fourth-order valence-corrected chi connectivity index (χ4v) is 2.56. The highest BCUT2D eigenvalue weighted by molar-refractivity contribution is 9.10. The molecule has 2 aromatic carbocycles. The van der Waals surface area contributed by atoms with Gasteiger partial charge in [0, 0.05) is 10.5 Å². The molecule has 4 nitrogen and oxygen atoms in total. The number of para-hydroxylation sites is 1. The number of benzene rings is 2. The number of imidazole rings is 1. The largest absolute Gasteiger partial charge is 0.497 e. The molecule has 0 aliphatic rings. The standard InChI is InChI=1S/C14H11BrN2O2/c1-19-10-5-2-4-9(8-10)17-12-7-3-6-11(15)13(12)16-14(17)18/h2-8H,1H3,(H,16,18). The zero-order chi connectivity index (χ0) is 13.4. The Hall–Kier alpha value is -2.01. The highest BCUT2D eigenvalue weighted by atomic mass is 79.9. The van der Waals surface area contributed by atoms with Crippen molar-refractivity contribution in [2.75, 3.05) is 7.11 Å². The highest BCUT2D eigenvalue weighted by Crippen LogP contribution is 2.24. The van der Waals surface area contributed by atoms with E-state index in [0.717, 1.165) is 21.2 Å². The first-order valence-electron chi connectivity index (χ1n) is 5.74. The third-order valence-corrected chi connectivity index (χ3v) is 3.64. The average molecular weight is 319 g/mol. The van der Waals surface area contributed by atoms with Crippen molar-refractivity contribution in [3.8, 4) is 11.4 Å². The number of halogens is 1. The molecule has 5 heteroatoms. The molecule has 1 heterocycles. The van der Waals surface area contributed by atoms with Gasteiger partial charge in [-0.05, 0) is 40.2 Å². The molecule has 3 aromatic rings. The quantitative estimate of drug-likeness (QED) is 0.789. The highest BCUT2D eigenvalue weighted by Gasteiger charge is 2.10. The van der Waals surface area contributed by atoms with Gasteiger partial charge in [0.2, 0.25) is 0 Å². The second-order valence-corrected chi connectivity index (χ2v) is 4.96. The van der Waals surface area contributed by atoms with Crippen molar-refractivity contribution in [1.82, 2.24) is 9.55 Å². The molecule has 19 heavy (non-hydrogen) atoms. The van der Waals surface area contributed by atoms with Crippen LogP contribution in [0.1, 0.15) is 0 Å². The van der Waals surface area contributed by atoms with Gasteiger partial charge >= 0.3 is 5.69 Å². The van der Waals surface area contributed by atoms with Gasteiger partial charge in [0.25, 0.3) is 0 Å². The monoisotopic (exact) mass is 318 g/mol. The number of nitrogens with one attached hydrogen (secondary N) is 1. The van der Waals surface area contributed by atoms with Gasteiger partial charge in [-0.25, -0.2) is 4.79 Å². The second kappa shape index (κ2) is 4.59. The number of aromatic nitrogens is 2. The van der Waals surface area contributed by atoms with E-state index in [1.807, 2.05) is 42.5 Å². The van der Waals surface area contributed by atoms with Crippen LogP contribution in [-0.4, -0.2) is 16.7 Å². The van der Waals surface area contributed by atoms with Crippen molar-refractivity contribution >= 4 is 27.0 Å². The Bertz CT molecular complexity index is 805. The molecule has 0 radical (unpaired) electrons. The maximum atomic E-state index is 12.1. The Morgan fingerprint density at radius 2 is 2.00 bits per heavy atom. The summed E-state index contributed by atoms with van der Waals surface area (Å²) in [5.74, 6) is 0.716. The molecule has 0 amide bonds. The molecule has 1 aromatic heterocycles. The lowest BCUT2D eigenvalue weighted by molar-refractivity contribution is 0.414. The van der Waals surface area contributed by atoms with E-state index in [0.29, 0.717) is 5.75 Å². The molecular weight excluding hydrogens is 308 g/mol. The lowest BCUT2D eigenvalue weighted by Crippen LogP contribution is -2.14. The Balaban J connectivity index is 2.33. The molecule has 0 atom stereocenters. The molecule has 0 bridgehead atoms. The van der Waals surface area contributed by atoms with Gasteiger partial charge < -0.3 is 9.72 Å². The first-order chi connectivity index (χ1) is 9.20. The zero-order valence-corrected chi connectivity index (χ0v) is 11.8. The van der Waals surface area contributed by atoms with Crippen molar-refractivity contribution in [3.05, 3.63) is 57.4 Å². The van der Waals surface area contributed by atoms with Crippen LogP contribution in [-0.2, 0) is 0 Å². The number of hydrogen-bond acceptors (Lipinski definition) is 2. The summed E-state index contributed by atoms with van der Waals surface area (Å²) in [6, 6.07) is 13.1. The number of H-pyrrole nitrogens is 1. The van der Waals surface area contributed by atoms with E-state index in [1.54, 1.807) is 11.7 Å². The van der Waals surface area contributed by atoms with Gasteiger partial charge in [-0.2, -0.15) is 0 Å². The van der Waals surface area contributed by atoms with E-state index in [2.05, 4.69) is 20.9 Å². The van der Waals surface area contributed by atoms with Crippen molar-refractivity contribution < 1.29 is 4.74 Å². The first kappa shape index (κ1) is 12.0. The zero-order valence-electron chi connectivity index (χ0n) is 10.2. The van der Waals surface area contributed by atoms with Gasteiger partial charge in [0.05, 0.1) is 23.8 Å². The van der Waals surface area contributed by atoms with Crippen LogP contribution in [0, 0.1) is 0 Å². The van der Waals surface area contributed by atoms with Crippen LogP contribution in [0.15, 0.2) is 51.7 Å². The fourth-order valence-electron chi connectivity index (χ4n) is 2.10. The molecule has 3 rings (SSSR count). The smallest absolute Gasteiger partial charge is 0.331 e. The maximum absolute atomic E-state index is 12.1. The summed E-state index contributed by atoms with van der Waals surface area (Å²) in [5.41, 5.74) is 2.21. The Labute approximate surface area is 117 Å². The van der Waals surface area contributed by atoms with Crippen molar-refractivity contribution in [1.29, 1.82) is 0 Å². The normalized spacial score (nSPS) is 10.8. The van der Waals surface area contributed by atoms with E-state index in [4.69, 9.17) is 4.74 Å². The lowest BCUT2D eigenvalue weighted by atomic mass is 10.2. The minimum atomic E-state index is -0.171. The van der Waals surface area contributed by atoms with E-state index in [9.17, 15) is 4.79 Å². The summed E-state index contributed by atoms with van der Waals surface area (Å²) in [6.45, 7) is 0. The summed E-state index contributed by atoms with van der Waals surface area (Å²) in [5, 5.41) is 0. The molecule has 0 unspecified atom stereocenters. The number of methoxy groups -OCH3 is 1. The van der Waals surface area contributed by atoms with Crippen LogP contribution in [0.2, 0.25) is 0 Å². The molecule has 0 saturated carbocycles. The average Bonchev–Trinajstić information content (AvgIpc) is 2.77. The third kappa shape index (κ3) is 1.96. The second-order valence-electron chi connectivity index (χ2n) is 4.10. The number of rotatable bonds is 2. The van der Waals surface area contributed by atoms with Crippen LogP contribution in [0.3, 0.4) is 0 Å². The SMILES string of the molecule is COc1cccc(-n2c(=O)[nH]c3c(Br)cccc32)c1. The summed E-state index contributed by atoms with van der Waals surface area (Å²) in [4.78, 5) is 15.0. The Kier molecular flexibility index (Phi) is 2.91. The van der Waals surface area contributed by atoms with Gasteiger partial charge in [0.15, 0.2) is 0 Å². The molecule has 96 valence electrons. The van der Waals surface area contributed by atoms with Crippen molar-refractivity contribution in [2.24, 2.45) is 0 Å². The molecule has 0 saturated heterocycles. The molecule has 1 N–H and O–H groups in total. The summed E-state index contributed by atoms with van der Waals surface area (Å²) < 4.78 is 7.69. The number of fused-ring (bicyclic) bond motifs is 1. The van der Waals surface area contributed by atoms with E-state index in [-0.39, 0.29) is 5.69 Å². The first-order valence-corrected chi connectivity index (χ1v) is 6.53. The molecular formula is C14H11BrN2O2. The van der Waals surface area contributed by atoms with Crippen LogP contribution < -0.4 is 10.4 Å². The molecule has 0 spiro atoms. The molecule has 0 aliphatic carbocycles. The van der Waals surface area contributed by atoms with Crippen molar-refractivity contribution in [2.45, 2.75) is 0 Å². The number of ether oxygens (including phenoxy) is 1. The van der Waals surface area contributed by atoms with Crippen LogP contribution in [0.4, 0.5) is 0 Å². The summed E-state index contributed by atoms with van der Waals surface area (Å²) >= 11 is 3.44. The van der Waals surface area contributed by atoms with Crippen LogP contribution >= 0.6 is 15.9 Å². The minimum Gasteiger partial charge on any atom is -0.497 e. The van der Waals surface area contributed by atoms with Crippen molar-refractivity contribution in [3.63, 3.8) is 0 Å². The topological polar surface area (TPSA) is 47.0 Å². The predicted octanol–water partition coefficient (Wildman–Crippen LogP) is 3.09. The Morgan fingerprint density at radius 1 is 1.21 bits per heavy atom. The van der Waals surface area contributed by atoms with E-state index < -0.39 is 0 Å². The van der Waals surface area contributed by atoms with Crippen LogP contribution in [0.5, 0.6) is 5.75 Å². The summed E-state index contributed by atoms with van der Waals surface area (Å²) in [7, 11) is 1.60.